The highest BCUT2D eigenvalue weighted by Crippen LogP contribution is 2.37. The van der Waals surface area contributed by atoms with Crippen LogP contribution in [-0.2, 0) is 0 Å². The number of benzene rings is 2. The van der Waals surface area contributed by atoms with Gasteiger partial charge in [-0.1, -0.05) is 12.1 Å². The molecule has 0 aliphatic rings. The van der Waals surface area contributed by atoms with Gasteiger partial charge in [0.2, 0.25) is 11.0 Å². The van der Waals surface area contributed by atoms with Crippen molar-refractivity contribution in [3.05, 3.63) is 42.5 Å². The van der Waals surface area contributed by atoms with E-state index >= 15 is 0 Å². The number of nitrogens with zero attached hydrogens (tertiary/aromatic N) is 2. The molecule has 1 aromatic heterocycles. The Kier molecular flexibility index (Phi) is 4.80. The smallest absolute Gasteiger partial charge is 0.218 e. The number of anilines is 1. The number of methoxy groups -OCH3 is 2. The highest BCUT2D eigenvalue weighted by atomic mass is 32.1. The molecule has 3 rings (SSSR count). The van der Waals surface area contributed by atoms with Crippen LogP contribution in [0.2, 0.25) is 0 Å². The first-order valence-electron chi connectivity index (χ1n) is 7.37. The normalized spacial score (nSPS) is 11.0. The number of hydrogen-bond donors (Lipinski definition) is 3. The van der Waals surface area contributed by atoms with Crippen molar-refractivity contribution in [3.63, 3.8) is 0 Å². The van der Waals surface area contributed by atoms with E-state index in [1.807, 2.05) is 18.2 Å². The standard InChI is InChI=1S/C17H16N4O3S/c1-23-10-7-8-11-13(9-10)18-16(22)15(11)20-21-17(25)19-12-5-3-4-6-14(12)24-2/h3-9,18,22H,1-2H3,(H,19,25). The number of aromatic hydroxyl groups is 1. The van der Waals surface area contributed by atoms with Gasteiger partial charge in [-0.2, -0.15) is 0 Å². The zero-order valence-electron chi connectivity index (χ0n) is 13.6. The fraction of sp³-hybridized carbons (Fsp3) is 0.118. The number of aromatic nitrogens is 1. The summed E-state index contributed by atoms with van der Waals surface area (Å²) in [7, 11) is 3.15. The number of nitrogens with one attached hydrogen (secondary N) is 2. The third-order valence-corrected chi connectivity index (χ3v) is 3.73. The summed E-state index contributed by atoms with van der Waals surface area (Å²) >= 11 is 5.18. The second kappa shape index (κ2) is 7.18. The molecule has 0 saturated carbocycles. The third-order valence-electron chi connectivity index (χ3n) is 3.55. The molecule has 0 atom stereocenters. The monoisotopic (exact) mass is 356 g/mol. The lowest BCUT2D eigenvalue weighted by atomic mass is 10.2. The van der Waals surface area contributed by atoms with Crippen LogP contribution in [0, 0.1) is 0 Å². The number of H-pyrrole nitrogens is 1. The molecule has 0 radical (unpaired) electrons. The lowest BCUT2D eigenvalue weighted by Crippen LogP contribution is -2.06. The van der Waals surface area contributed by atoms with Crippen molar-refractivity contribution in [2.75, 3.05) is 19.5 Å². The molecule has 0 saturated heterocycles. The van der Waals surface area contributed by atoms with Crippen molar-refractivity contribution in [3.8, 4) is 17.4 Å². The molecule has 3 N–H and O–H groups in total. The van der Waals surface area contributed by atoms with Gasteiger partial charge in [-0.05, 0) is 36.5 Å². The summed E-state index contributed by atoms with van der Waals surface area (Å²) in [5, 5.41) is 21.9. The van der Waals surface area contributed by atoms with E-state index in [2.05, 4.69) is 20.5 Å². The molecule has 0 aliphatic carbocycles. The van der Waals surface area contributed by atoms with Crippen molar-refractivity contribution < 1.29 is 14.6 Å². The van der Waals surface area contributed by atoms with Gasteiger partial charge in [0.25, 0.3) is 0 Å². The van der Waals surface area contributed by atoms with Gasteiger partial charge in [-0.3, -0.25) is 0 Å². The molecule has 25 heavy (non-hydrogen) atoms. The highest BCUT2D eigenvalue weighted by molar-refractivity contribution is 7.80. The average molecular weight is 356 g/mol. The lowest BCUT2D eigenvalue weighted by molar-refractivity contribution is 0.415. The summed E-state index contributed by atoms with van der Waals surface area (Å²) in [6.45, 7) is 0. The van der Waals surface area contributed by atoms with E-state index in [0.29, 0.717) is 33.8 Å². The molecule has 0 spiro atoms. The number of azo groups is 1. The summed E-state index contributed by atoms with van der Waals surface area (Å²) in [6.07, 6.45) is 0. The second-order valence-corrected chi connectivity index (χ2v) is 5.45. The Morgan fingerprint density at radius 1 is 1.16 bits per heavy atom. The first-order valence-corrected chi connectivity index (χ1v) is 7.77. The number of fused-ring (bicyclic) bond motifs is 1. The van der Waals surface area contributed by atoms with Crippen LogP contribution in [0.5, 0.6) is 17.4 Å². The van der Waals surface area contributed by atoms with E-state index < -0.39 is 0 Å². The molecular formula is C17H16N4O3S. The highest BCUT2D eigenvalue weighted by Gasteiger charge is 2.11. The molecule has 7 nitrogen and oxygen atoms in total. The minimum absolute atomic E-state index is 0.0907. The predicted octanol–water partition coefficient (Wildman–Crippen LogP) is 4.37. The number of ether oxygens (including phenoxy) is 2. The molecule has 128 valence electrons. The van der Waals surface area contributed by atoms with E-state index in [-0.39, 0.29) is 11.0 Å². The van der Waals surface area contributed by atoms with Gasteiger partial charge in [0.15, 0.2) is 5.69 Å². The topological polar surface area (TPSA) is 91.2 Å². The van der Waals surface area contributed by atoms with E-state index in [9.17, 15) is 5.11 Å². The molecule has 0 aliphatic heterocycles. The fourth-order valence-electron chi connectivity index (χ4n) is 2.36. The third kappa shape index (κ3) is 3.53. The number of rotatable bonds is 4. The van der Waals surface area contributed by atoms with Crippen LogP contribution in [0.1, 0.15) is 0 Å². The Morgan fingerprint density at radius 3 is 2.72 bits per heavy atom. The Bertz CT molecular complexity index is 952. The molecule has 8 heteroatoms. The van der Waals surface area contributed by atoms with E-state index in [0.717, 1.165) is 0 Å². The Hall–Kier alpha value is -3.13. The van der Waals surface area contributed by atoms with Crippen LogP contribution in [0.3, 0.4) is 0 Å². The largest absolute Gasteiger partial charge is 0.497 e. The van der Waals surface area contributed by atoms with Gasteiger partial charge in [0, 0.05) is 11.5 Å². The molecule has 3 aromatic rings. The number of para-hydroxylation sites is 2. The van der Waals surface area contributed by atoms with Crippen molar-refractivity contribution in [2.45, 2.75) is 0 Å². The van der Waals surface area contributed by atoms with Crippen molar-refractivity contribution >= 4 is 39.6 Å². The van der Waals surface area contributed by atoms with Crippen LogP contribution in [0.15, 0.2) is 52.7 Å². The first-order chi connectivity index (χ1) is 12.1. The Morgan fingerprint density at radius 2 is 1.96 bits per heavy atom. The summed E-state index contributed by atoms with van der Waals surface area (Å²) in [5.74, 6) is 1.22. The molecule has 1 heterocycles. The number of aromatic amines is 1. The molecule has 0 amide bonds. The summed E-state index contributed by atoms with van der Waals surface area (Å²) in [4.78, 5) is 2.83. The minimum Gasteiger partial charge on any atom is -0.497 e. The number of hydrogen-bond acceptors (Lipinski definition) is 5. The SMILES string of the molecule is COc1ccc2c(N=NC(=S)Nc3ccccc3OC)c(O)[nH]c2c1. The molecule has 0 unspecified atom stereocenters. The van der Waals surface area contributed by atoms with Gasteiger partial charge in [0.1, 0.15) is 11.5 Å². The molecule has 0 fully saturated rings. The van der Waals surface area contributed by atoms with Gasteiger partial charge >= 0.3 is 0 Å². The van der Waals surface area contributed by atoms with E-state index in [1.54, 1.807) is 38.5 Å². The van der Waals surface area contributed by atoms with Crippen molar-refractivity contribution in [1.82, 2.24) is 4.98 Å². The van der Waals surface area contributed by atoms with Crippen LogP contribution in [0.4, 0.5) is 11.4 Å². The predicted molar refractivity (Wildman–Crippen MR) is 100 cm³/mol. The quantitative estimate of drug-likeness (QED) is 0.477. The number of thiocarbonyl (C=S) groups is 1. The zero-order valence-corrected chi connectivity index (χ0v) is 14.4. The second-order valence-electron chi connectivity index (χ2n) is 5.06. The van der Waals surface area contributed by atoms with Gasteiger partial charge < -0.3 is 24.9 Å². The van der Waals surface area contributed by atoms with Crippen LogP contribution in [-0.4, -0.2) is 29.4 Å². The minimum atomic E-state index is -0.0907. The Labute approximate surface area is 149 Å². The van der Waals surface area contributed by atoms with Crippen molar-refractivity contribution in [1.29, 1.82) is 0 Å². The molecule has 0 bridgehead atoms. The maximum absolute atomic E-state index is 10.0. The van der Waals surface area contributed by atoms with Crippen molar-refractivity contribution in [2.24, 2.45) is 10.2 Å². The first kappa shape index (κ1) is 16.7. The average Bonchev–Trinajstić information content (AvgIpc) is 2.94. The lowest BCUT2D eigenvalue weighted by Gasteiger charge is -2.08. The van der Waals surface area contributed by atoms with Crippen LogP contribution in [0.25, 0.3) is 10.9 Å². The maximum Gasteiger partial charge on any atom is 0.218 e. The van der Waals surface area contributed by atoms with E-state index in [1.165, 1.54) is 0 Å². The van der Waals surface area contributed by atoms with E-state index in [4.69, 9.17) is 21.7 Å². The Balaban J connectivity index is 1.83. The summed E-state index contributed by atoms with van der Waals surface area (Å²) in [6, 6.07) is 12.7. The van der Waals surface area contributed by atoms with Gasteiger partial charge in [-0.15, -0.1) is 10.2 Å². The fourth-order valence-corrected chi connectivity index (χ4v) is 2.51. The zero-order chi connectivity index (χ0) is 17.8. The summed E-state index contributed by atoms with van der Waals surface area (Å²) < 4.78 is 10.4. The van der Waals surface area contributed by atoms with Crippen LogP contribution < -0.4 is 14.8 Å². The van der Waals surface area contributed by atoms with Gasteiger partial charge in [0.05, 0.1) is 25.4 Å². The summed E-state index contributed by atoms with van der Waals surface area (Å²) in [5.41, 5.74) is 1.68. The molecule has 2 aromatic carbocycles. The molecular weight excluding hydrogens is 340 g/mol. The van der Waals surface area contributed by atoms with Crippen LogP contribution >= 0.6 is 12.2 Å². The van der Waals surface area contributed by atoms with Gasteiger partial charge in [-0.25, -0.2) is 0 Å². The maximum atomic E-state index is 10.0.